The SMILES string of the molecule is CCCCCC[C@H](C)NC(=O)COC(=O)c1ccc2ccccc2n1. The highest BCUT2D eigenvalue weighted by Crippen LogP contribution is 2.12. The molecule has 25 heavy (non-hydrogen) atoms. The average Bonchev–Trinajstić information content (AvgIpc) is 2.63. The lowest BCUT2D eigenvalue weighted by Crippen LogP contribution is -2.35. The Labute approximate surface area is 148 Å². The van der Waals surface area contributed by atoms with Crippen molar-refractivity contribution in [2.75, 3.05) is 6.61 Å². The summed E-state index contributed by atoms with van der Waals surface area (Å²) in [6.45, 7) is 3.85. The smallest absolute Gasteiger partial charge is 0.357 e. The molecule has 0 spiro atoms. The van der Waals surface area contributed by atoms with E-state index in [9.17, 15) is 9.59 Å². The van der Waals surface area contributed by atoms with Crippen molar-refractivity contribution in [1.29, 1.82) is 0 Å². The summed E-state index contributed by atoms with van der Waals surface area (Å²) in [5, 5.41) is 3.81. The number of ether oxygens (including phenoxy) is 1. The van der Waals surface area contributed by atoms with E-state index in [1.54, 1.807) is 6.07 Å². The number of rotatable bonds is 9. The molecular weight excluding hydrogens is 316 g/mol. The zero-order valence-corrected chi connectivity index (χ0v) is 15.0. The summed E-state index contributed by atoms with van der Waals surface area (Å²) in [5.74, 6) is -0.867. The van der Waals surface area contributed by atoms with Gasteiger partial charge in [-0.3, -0.25) is 4.79 Å². The Morgan fingerprint density at radius 2 is 1.92 bits per heavy atom. The zero-order valence-electron chi connectivity index (χ0n) is 15.0. The summed E-state index contributed by atoms with van der Waals surface area (Å²) in [6.07, 6.45) is 5.62. The third kappa shape index (κ3) is 6.18. The maximum Gasteiger partial charge on any atom is 0.357 e. The van der Waals surface area contributed by atoms with Crippen molar-refractivity contribution < 1.29 is 14.3 Å². The van der Waals surface area contributed by atoms with Gasteiger partial charge in [-0.2, -0.15) is 0 Å². The van der Waals surface area contributed by atoms with Crippen LogP contribution < -0.4 is 5.32 Å². The minimum atomic E-state index is -0.587. The van der Waals surface area contributed by atoms with Crippen molar-refractivity contribution in [2.24, 2.45) is 0 Å². The molecule has 0 radical (unpaired) electrons. The second-order valence-electron chi connectivity index (χ2n) is 6.28. The number of nitrogens with zero attached hydrogens (tertiary/aromatic N) is 1. The van der Waals surface area contributed by atoms with Gasteiger partial charge in [-0.15, -0.1) is 0 Å². The van der Waals surface area contributed by atoms with Crippen molar-refractivity contribution in [3.05, 3.63) is 42.1 Å². The number of hydrogen-bond acceptors (Lipinski definition) is 4. The number of esters is 1. The summed E-state index contributed by atoms with van der Waals surface area (Å²) < 4.78 is 5.07. The topological polar surface area (TPSA) is 68.3 Å². The van der Waals surface area contributed by atoms with Gasteiger partial charge in [0.05, 0.1) is 5.52 Å². The lowest BCUT2D eigenvalue weighted by molar-refractivity contribution is -0.124. The van der Waals surface area contributed by atoms with E-state index in [4.69, 9.17) is 4.74 Å². The first-order valence-corrected chi connectivity index (χ1v) is 8.92. The molecule has 1 N–H and O–H groups in total. The van der Waals surface area contributed by atoms with Crippen LogP contribution in [0.1, 0.15) is 56.4 Å². The standard InChI is InChI=1S/C20H26N2O3/c1-3-4-5-6-9-15(2)21-19(23)14-25-20(24)18-13-12-16-10-7-8-11-17(16)22-18/h7-8,10-13,15H,3-6,9,14H2,1-2H3,(H,21,23)/t15-/m0/s1. The third-order valence-electron chi connectivity index (χ3n) is 4.04. The number of nitrogens with one attached hydrogen (secondary N) is 1. The number of amides is 1. The van der Waals surface area contributed by atoms with Crippen LogP contribution in [0.3, 0.4) is 0 Å². The number of fused-ring (bicyclic) bond motifs is 1. The molecule has 0 saturated heterocycles. The van der Waals surface area contributed by atoms with Crippen molar-refractivity contribution in [3.63, 3.8) is 0 Å². The predicted molar refractivity (Wildman–Crippen MR) is 98.4 cm³/mol. The molecule has 2 aromatic rings. The molecule has 1 aromatic carbocycles. The van der Waals surface area contributed by atoms with Crippen LogP contribution in [0.2, 0.25) is 0 Å². The van der Waals surface area contributed by atoms with Crippen LogP contribution in [0.5, 0.6) is 0 Å². The summed E-state index contributed by atoms with van der Waals surface area (Å²) in [7, 11) is 0. The van der Waals surface area contributed by atoms with E-state index in [0.717, 1.165) is 23.7 Å². The monoisotopic (exact) mass is 342 g/mol. The third-order valence-corrected chi connectivity index (χ3v) is 4.04. The Balaban J connectivity index is 1.77. The van der Waals surface area contributed by atoms with Gasteiger partial charge in [-0.05, 0) is 25.5 Å². The summed E-state index contributed by atoms with van der Waals surface area (Å²) >= 11 is 0. The Kier molecular flexibility index (Phi) is 7.38. The van der Waals surface area contributed by atoms with Crippen LogP contribution in [-0.4, -0.2) is 29.5 Å². The lowest BCUT2D eigenvalue weighted by atomic mass is 10.1. The average molecular weight is 342 g/mol. The summed E-state index contributed by atoms with van der Waals surface area (Å²) in [6, 6.07) is 11.0. The van der Waals surface area contributed by atoms with Gasteiger partial charge in [0.15, 0.2) is 6.61 Å². The number of unbranched alkanes of at least 4 members (excludes halogenated alkanes) is 3. The molecule has 1 amide bonds. The Morgan fingerprint density at radius 1 is 1.12 bits per heavy atom. The highest BCUT2D eigenvalue weighted by atomic mass is 16.5. The van der Waals surface area contributed by atoms with Gasteiger partial charge < -0.3 is 10.1 Å². The van der Waals surface area contributed by atoms with Crippen LogP contribution in [0.4, 0.5) is 0 Å². The van der Waals surface area contributed by atoms with Crippen molar-refractivity contribution in [1.82, 2.24) is 10.3 Å². The van der Waals surface area contributed by atoms with Gasteiger partial charge in [-0.25, -0.2) is 9.78 Å². The van der Waals surface area contributed by atoms with Gasteiger partial charge in [0.1, 0.15) is 5.69 Å². The van der Waals surface area contributed by atoms with Gasteiger partial charge in [0, 0.05) is 11.4 Å². The van der Waals surface area contributed by atoms with Gasteiger partial charge in [-0.1, -0.05) is 56.9 Å². The summed E-state index contributed by atoms with van der Waals surface area (Å²) in [4.78, 5) is 28.2. The molecule has 0 aliphatic carbocycles. The fraction of sp³-hybridized carbons (Fsp3) is 0.450. The molecule has 0 aliphatic rings. The first kappa shape index (κ1) is 18.9. The Morgan fingerprint density at radius 3 is 2.72 bits per heavy atom. The number of benzene rings is 1. The van der Waals surface area contributed by atoms with Gasteiger partial charge >= 0.3 is 5.97 Å². The van der Waals surface area contributed by atoms with Gasteiger partial charge in [0.2, 0.25) is 0 Å². The highest BCUT2D eigenvalue weighted by Gasteiger charge is 2.13. The number of hydrogen-bond donors (Lipinski definition) is 1. The molecular formula is C20H26N2O3. The van der Waals surface area contributed by atoms with Crippen molar-refractivity contribution >= 4 is 22.8 Å². The molecule has 0 bridgehead atoms. The minimum Gasteiger partial charge on any atom is -0.451 e. The van der Waals surface area contributed by atoms with Crippen LogP contribution in [-0.2, 0) is 9.53 Å². The van der Waals surface area contributed by atoms with E-state index < -0.39 is 5.97 Å². The first-order valence-electron chi connectivity index (χ1n) is 8.92. The lowest BCUT2D eigenvalue weighted by Gasteiger charge is -2.13. The molecule has 0 fully saturated rings. The minimum absolute atomic E-state index is 0.0850. The molecule has 1 heterocycles. The van der Waals surface area contributed by atoms with E-state index in [1.165, 1.54) is 19.3 Å². The zero-order chi connectivity index (χ0) is 18.1. The van der Waals surface area contributed by atoms with Crippen molar-refractivity contribution in [3.8, 4) is 0 Å². The molecule has 5 nitrogen and oxygen atoms in total. The predicted octanol–water partition coefficient (Wildman–Crippen LogP) is 3.87. The van der Waals surface area contributed by atoms with E-state index in [0.29, 0.717) is 0 Å². The van der Waals surface area contributed by atoms with Crippen LogP contribution in [0.25, 0.3) is 10.9 Å². The van der Waals surface area contributed by atoms with E-state index in [-0.39, 0.29) is 24.2 Å². The number of pyridine rings is 1. The number of carbonyl (C=O) groups is 2. The normalized spacial score (nSPS) is 11.9. The fourth-order valence-corrected chi connectivity index (χ4v) is 2.65. The molecule has 5 heteroatoms. The molecule has 0 saturated carbocycles. The van der Waals surface area contributed by atoms with Crippen LogP contribution in [0, 0.1) is 0 Å². The second-order valence-corrected chi connectivity index (χ2v) is 6.28. The number of aromatic nitrogens is 1. The maximum absolute atomic E-state index is 12.1. The fourth-order valence-electron chi connectivity index (χ4n) is 2.65. The summed E-state index contributed by atoms with van der Waals surface area (Å²) in [5.41, 5.74) is 0.932. The van der Waals surface area contributed by atoms with E-state index in [2.05, 4.69) is 17.2 Å². The molecule has 1 aromatic heterocycles. The number of para-hydroxylation sites is 1. The van der Waals surface area contributed by atoms with Crippen LogP contribution >= 0.6 is 0 Å². The molecule has 134 valence electrons. The quantitative estimate of drug-likeness (QED) is 0.555. The Bertz CT molecular complexity index is 715. The first-order chi connectivity index (χ1) is 12.1. The van der Waals surface area contributed by atoms with E-state index >= 15 is 0 Å². The number of carbonyl (C=O) groups excluding carboxylic acids is 2. The Hall–Kier alpha value is -2.43. The second kappa shape index (κ2) is 9.77. The van der Waals surface area contributed by atoms with Crippen LogP contribution in [0.15, 0.2) is 36.4 Å². The molecule has 0 aliphatic heterocycles. The molecule has 0 unspecified atom stereocenters. The van der Waals surface area contributed by atoms with Gasteiger partial charge in [0.25, 0.3) is 5.91 Å². The maximum atomic E-state index is 12.1. The van der Waals surface area contributed by atoms with Crippen molar-refractivity contribution in [2.45, 2.75) is 52.0 Å². The highest BCUT2D eigenvalue weighted by molar-refractivity contribution is 5.92. The molecule has 2 rings (SSSR count). The van der Waals surface area contributed by atoms with E-state index in [1.807, 2.05) is 37.3 Å². The molecule has 1 atom stereocenters. The largest absolute Gasteiger partial charge is 0.451 e.